The fourth-order valence-electron chi connectivity index (χ4n) is 7.11. The number of hydrogen-bond acceptors (Lipinski definition) is 7. The van der Waals surface area contributed by atoms with Crippen LogP contribution in [0.5, 0.6) is 0 Å². The van der Waals surface area contributed by atoms with Crippen molar-refractivity contribution in [2.75, 3.05) is 26.2 Å². The number of carbonyl (C=O) groups is 3. The first kappa shape index (κ1) is 55.4. The SMILES string of the molecule is CCCCCCCCC(CCCCCCCC)OC(=O)CCCCCCCN(CCCCCCCC)CCCC(=O)NO.CCCCCCCCCOC=O. The number of esters is 1. The number of amides is 1. The van der Waals surface area contributed by atoms with E-state index in [1.165, 1.54) is 161 Å². The van der Waals surface area contributed by atoms with Gasteiger partial charge in [-0.05, 0) is 77.4 Å². The van der Waals surface area contributed by atoms with Crippen LogP contribution < -0.4 is 5.48 Å². The van der Waals surface area contributed by atoms with Crippen LogP contribution in [0.1, 0.15) is 252 Å². The summed E-state index contributed by atoms with van der Waals surface area (Å²) in [4.78, 5) is 36.3. The lowest BCUT2D eigenvalue weighted by atomic mass is 10.0. The Balaban J connectivity index is 0. The van der Waals surface area contributed by atoms with E-state index in [2.05, 4.69) is 37.3 Å². The van der Waals surface area contributed by atoms with Crippen LogP contribution in [-0.2, 0) is 23.9 Å². The molecule has 0 aromatic rings. The molecule has 0 saturated heterocycles. The number of nitrogens with one attached hydrogen (secondary N) is 1. The second-order valence-electron chi connectivity index (χ2n) is 16.1. The van der Waals surface area contributed by atoms with E-state index < -0.39 is 0 Å². The van der Waals surface area contributed by atoms with Crippen molar-refractivity contribution < 1.29 is 29.1 Å². The Labute approximate surface area is 341 Å². The molecule has 0 aliphatic heterocycles. The monoisotopic (exact) mass is 783 g/mol. The number of nitrogens with zero attached hydrogens (tertiary/aromatic N) is 1. The Bertz CT molecular complexity index is 767. The lowest BCUT2D eigenvalue weighted by Gasteiger charge is -2.22. The first-order chi connectivity index (χ1) is 27.0. The number of ether oxygens (including phenoxy) is 2. The van der Waals surface area contributed by atoms with Gasteiger partial charge in [-0.25, -0.2) is 5.48 Å². The van der Waals surface area contributed by atoms with Gasteiger partial charge in [0.2, 0.25) is 5.91 Å². The van der Waals surface area contributed by atoms with Crippen molar-refractivity contribution in [3.8, 4) is 0 Å². The van der Waals surface area contributed by atoms with E-state index in [0.717, 1.165) is 71.0 Å². The highest BCUT2D eigenvalue weighted by Crippen LogP contribution is 2.18. The van der Waals surface area contributed by atoms with Crippen LogP contribution in [0.3, 0.4) is 0 Å². The van der Waals surface area contributed by atoms with Gasteiger partial charge in [-0.15, -0.1) is 0 Å². The molecule has 0 bridgehead atoms. The van der Waals surface area contributed by atoms with Crippen LogP contribution in [0.2, 0.25) is 0 Å². The summed E-state index contributed by atoms with van der Waals surface area (Å²) in [5.41, 5.74) is 1.74. The maximum Gasteiger partial charge on any atom is 0.306 e. The van der Waals surface area contributed by atoms with Crippen LogP contribution in [0.25, 0.3) is 0 Å². The number of unbranched alkanes of at least 4 members (excludes halogenated alkanes) is 25. The van der Waals surface area contributed by atoms with Gasteiger partial charge in [-0.2, -0.15) is 0 Å². The Morgan fingerprint density at radius 1 is 0.509 bits per heavy atom. The minimum absolute atomic E-state index is 0.0130. The molecule has 0 radical (unpaired) electrons. The number of hydrogen-bond donors (Lipinski definition) is 2. The van der Waals surface area contributed by atoms with E-state index in [1.54, 1.807) is 5.48 Å². The first-order valence-corrected chi connectivity index (χ1v) is 23.9. The minimum atomic E-state index is -0.297. The smallest absolute Gasteiger partial charge is 0.306 e. The van der Waals surface area contributed by atoms with Gasteiger partial charge in [0.05, 0.1) is 6.61 Å². The first-order valence-electron chi connectivity index (χ1n) is 23.9. The largest absolute Gasteiger partial charge is 0.468 e. The van der Waals surface area contributed by atoms with Gasteiger partial charge >= 0.3 is 5.97 Å². The fourth-order valence-corrected chi connectivity index (χ4v) is 7.11. The Kier molecular flexibility index (Phi) is 48.9. The van der Waals surface area contributed by atoms with Gasteiger partial charge in [0.25, 0.3) is 6.47 Å². The highest BCUT2D eigenvalue weighted by molar-refractivity contribution is 5.74. The third-order valence-corrected chi connectivity index (χ3v) is 10.7. The second-order valence-corrected chi connectivity index (χ2v) is 16.1. The second kappa shape index (κ2) is 48.5. The summed E-state index contributed by atoms with van der Waals surface area (Å²) in [5, 5.41) is 8.76. The van der Waals surface area contributed by atoms with Gasteiger partial charge in [0.1, 0.15) is 6.10 Å². The summed E-state index contributed by atoms with van der Waals surface area (Å²) in [7, 11) is 0. The van der Waals surface area contributed by atoms with Gasteiger partial charge in [0, 0.05) is 12.8 Å². The fraction of sp³-hybridized carbons (Fsp3) is 0.936. The number of carbonyl (C=O) groups excluding carboxylic acids is 3. The molecule has 0 atom stereocenters. The molecule has 328 valence electrons. The minimum Gasteiger partial charge on any atom is -0.468 e. The average molecular weight is 783 g/mol. The van der Waals surface area contributed by atoms with E-state index in [0.29, 0.717) is 25.9 Å². The van der Waals surface area contributed by atoms with E-state index in [4.69, 9.17) is 9.94 Å². The number of hydroxylamine groups is 1. The van der Waals surface area contributed by atoms with Crippen LogP contribution in [-0.4, -0.2) is 60.8 Å². The van der Waals surface area contributed by atoms with Crippen LogP contribution >= 0.6 is 0 Å². The predicted molar refractivity (Wildman–Crippen MR) is 233 cm³/mol. The molecule has 0 fully saturated rings. The van der Waals surface area contributed by atoms with Gasteiger partial charge in [0.15, 0.2) is 0 Å². The molecule has 0 spiro atoms. The maximum atomic E-state index is 12.7. The Hall–Kier alpha value is -1.67. The van der Waals surface area contributed by atoms with Gasteiger partial charge < -0.3 is 14.4 Å². The summed E-state index contributed by atoms with van der Waals surface area (Å²) in [6.45, 7) is 13.2. The molecule has 0 saturated carbocycles. The molecule has 8 heteroatoms. The highest BCUT2D eigenvalue weighted by atomic mass is 16.5. The summed E-state index contributed by atoms with van der Waals surface area (Å²) >= 11 is 0. The van der Waals surface area contributed by atoms with Crippen molar-refractivity contribution in [2.45, 2.75) is 259 Å². The van der Waals surface area contributed by atoms with Crippen LogP contribution in [0.4, 0.5) is 0 Å². The molecule has 0 aromatic carbocycles. The van der Waals surface area contributed by atoms with E-state index in [-0.39, 0.29) is 18.0 Å². The predicted octanol–water partition coefficient (Wildman–Crippen LogP) is 13.6. The third-order valence-electron chi connectivity index (χ3n) is 10.7. The van der Waals surface area contributed by atoms with Crippen LogP contribution in [0.15, 0.2) is 0 Å². The van der Waals surface area contributed by atoms with Crippen molar-refractivity contribution in [2.24, 2.45) is 0 Å². The van der Waals surface area contributed by atoms with Crippen molar-refractivity contribution in [1.29, 1.82) is 0 Å². The van der Waals surface area contributed by atoms with Crippen molar-refractivity contribution in [1.82, 2.24) is 10.4 Å². The highest BCUT2D eigenvalue weighted by Gasteiger charge is 2.14. The van der Waals surface area contributed by atoms with Gasteiger partial charge in [-0.1, -0.05) is 182 Å². The summed E-state index contributed by atoms with van der Waals surface area (Å²) in [6, 6.07) is 0. The summed E-state index contributed by atoms with van der Waals surface area (Å²) < 4.78 is 10.6. The number of rotatable bonds is 43. The van der Waals surface area contributed by atoms with Gasteiger partial charge in [-0.3, -0.25) is 19.6 Å². The molecule has 0 aliphatic rings. The molecule has 55 heavy (non-hydrogen) atoms. The molecule has 0 heterocycles. The van der Waals surface area contributed by atoms with E-state index in [1.807, 2.05) is 0 Å². The summed E-state index contributed by atoms with van der Waals surface area (Å²) in [6.07, 6.45) is 41.4. The van der Waals surface area contributed by atoms with Crippen molar-refractivity contribution in [3.63, 3.8) is 0 Å². The van der Waals surface area contributed by atoms with E-state index in [9.17, 15) is 14.4 Å². The van der Waals surface area contributed by atoms with Crippen molar-refractivity contribution in [3.05, 3.63) is 0 Å². The lowest BCUT2D eigenvalue weighted by Crippen LogP contribution is -2.28. The molecule has 8 nitrogen and oxygen atoms in total. The standard InChI is InChI=1S/C37H74N2O4.C10H20O2/c1-4-7-10-13-17-22-28-35(29-23-18-14-11-8-5-2)43-37(41)31-24-19-16-21-26-33-39(34-27-30-36(40)38-42)32-25-20-15-12-9-6-3;1-2-3-4-5-6-7-8-9-12-10-11/h35,42H,4-34H2,1-3H3,(H,38,40);10H,2-9H2,1H3. The quantitative estimate of drug-likeness (QED) is 0.0209. The molecular formula is C47H94N2O6. The molecule has 2 N–H and O–H groups in total. The summed E-state index contributed by atoms with van der Waals surface area (Å²) in [5.74, 6) is -0.284. The molecular weight excluding hydrogens is 689 g/mol. The topological polar surface area (TPSA) is 105 Å². The zero-order valence-electron chi connectivity index (χ0n) is 37.2. The normalized spacial score (nSPS) is 11.1. The molecule has 0 rings (SSSR count). The molecule has 1 amide bonds. The molecule has 0 unspecified atom stereocenters. The maximum absolute atomic E-state index is 12.7. The van der Waals surface area contributed by atoms with Crippen molar-refractivity contribution >= 4 is 18.3 Å². The Morgan fingerprint density at radius 2 is 0.891 bits per heavy atom. The molecule has 0 aliphatic carbocycles. The van der Waals surface area contributed by atoms with E-state index >= 15 is 0 Å². The zero-order valence-corrected chi connectivity index (χ0v) is 37.2. The zero-order chi connectivity index (χ0) is 40.7. The average Bonchev–Trinajstić information content (AvgIpc) is 3.19. The van der Waals surface area contributed by atoms with Crippen LogP contribution in [0, 0.1) is 0 Å². The third kappa shape index (κ3) is 46.6. The Morgan fingerprint density at radius 3 is 1.33 bits per heavy atom. The lowest BCUT2D eigenvalue weighted by molar-refractivity contribution is -0.150. The molecule has 0 aromatic heterocycles.